The van der Waals surface area contributed by atoms with Crippen LogP contribution in [0.1, 0.15) is 20.3 Å². The van der Waals surface area contributed by atoms with Gasteiger partial charge in [-0.05, 0) is 13.3 Å². The summed E-state index contributed by atoms with van der Waals surface area (Å²) in [7, 11) is -3.01. The van der Waals surface area contributed by atoms with Gasteiger partial charge in [0.25, 0.3) is 5.91 Å². The summed E-state index contributed by atoms with van der Waals surface area (Å²) in [6.45, 7) is 3.97. The summed E-state index contributed by atoms with van der Waals surface area (Å²) < 4.78 is 23.6. The predicted molar refractivity (Wildman–Crippen MR) is 74.6 cm³/mol. The zero-order valence-electron chi connectivity index (χ0n) is 11.4. The molecule has 0 aliphatic carbocycles. The van der Waals surface area contributed by atoms with Crippen LogP contribution in [0.15, 0.2) is 23.9 Å². The fourth-order valence-corrected chi connectivity index (χ4v) is 1.94. The Kier molecular flexibility index (Phi) is 5.29. The minimum atomic E-state index is -3.01. The molecule has 0 saturated heterocycles. The summed E-state index contributed by atoms with van der Waals surface area (Å²) in [6, 6.07) is 1.64. The first-order valence-electron chi connectivity index (χ1n) is 6.01. The molecule has 0 bridgehead atoms. The van der Waals surface area contributed by atoms with Crippen molar-refractivity contribution in [1.29, 1.82) is 0 Å². The number of hydrogen-bond acceptors (Lipinski definition) is 4. The third-order valence-corrected chi connectivity index (χ3v) is 3.37. The lowest BCUT2D eigenvalue weighted by Gasteiger charge is -2.02. The van der Waals surface area contributed by atoms with E-state index in [9.17, 15) is 13.2 Å². The molecule has 19 heavy (non-hydrogen) atoms. The van der Waals surface area contributed by atoms with Crippen molar-refractivity contribution in [3.05, 3.63) is 23.9 Å². The van der Waals surface area contributed by atoms with Crippen molar-refractivity contribution in [3.8, 4) is 0 Å². The van der Waals surface area contributed by atoms with E-state index in [1.807, 2.05) is 13.0 Å². The zero-order chi connectivity index (χ0) is 14.5. The molecule has 6 nitrogen and oxygen atoms in total. The van der Waals surface area contributed by atoms with Crippen molar-refractivity contribution in [1.82, 2.24) is 9.78 Å². The molecule has 1 heterocycles. The van der Waals surface area contributed by atoms with E-state index >= 15 is 0 Å². The van der Waals surface area contributed by atoms with Gasteiger partial charge in [-0.25, -0.2) is 8.42 Å². The van der Waals surface area contributed by atoms with Gasteiger partial charge in [0.1, 0.15) is 9.84 Å². The van der Waals surface area contributed by atoms with Crippen LogP contribution >= 0.6 is 0 Å². The molecule has 0 radical (unpaired) electrons. The molecule has 0 fully saturated rings. The maximum Gasteiger partial charge on any atom is 0.252 e. The second kappa shape index (κ2) is 6.51. The molecular weight excluding hydrogens is 266 g/mol. The van der Waals surface area contributed by atoms with E-state index < -0.39 is 9.84 Å². The number of anilines is 1. The molecule has 7 heteroatoms. The quantitative estimate of drug-likeness (QED) is 0.797. The first-order valence-corrected chi connectivity index (χ1v) is 8.07. The molecule has 1 N–H and O–H groups in total. The SMILES string of the molecule is CC/C=C(\C)C(=O)Nc1ccn(CCS(C)(=O)=O)n1. The third-order valence-electron chi connectivity index (χ3n) is 2.44. The molecule has 106 valence electrons. The summed E-state index contributed by atoms with van der Waals surface area (Å²) in [4.78, 5) is 11.7. The maximum absolute atomic E-state index is 11.7. The smallest absolute Gasteiger partial charge is 0.252 e. The number of nitrogens with zero attached hydrogens (tertiary/aromatic N) is 2. The highest BCUT2D eigenvalue weighted by Crippen LogP contribution is 2.06. The van der Waals surface area contributed by atoms with Crippen molar-refractivity contribution in [3.63, 3.8) is 0 Å². The van der Waals surface area contributed by atoms with E-state index in [2.05, 4.69) is 10.4 Å². The van der Waals surface area contributed by atoms with E-state index in [0.29, 0.717) is 11.4 Å². The van der Waals surface area contributed by atoms with Gasteiger partial charge in [-0.2, -0.15) is 5.10 Å². The molecule has 0 aliphatic rings. The van der Waals surface area contributed by atoms with E-state index in [0.717, 1.165) is 6.42 Å². The Bertz CT molecular complexity index is 573. The molecule has 1 aromatic heterocycles. The van der Waals surface area contributed by atoms with Gasteiger partial charge in [-0.3, -0.25) is 9.48 Å². The average Bonchev–Trinajstić information content (AvgIpc) is 2.73. The largest absolute Gasteiger partial charge is 0.305 e. The highest BCUT2D eigenvalue weighted by Gasteiger charge is 2.08. The molecule has 0 aromatic carbocycles. The highest BCUT2D eigenvalue weighted by molar-refractivity contribution is 7.90. The number of aromatic nitrogens is 2. The van der Waals surface area contributed by atoms with Gasteiger partial charge in [0, 0.05) is 24.1 Å². The molecule has 1 aromatic rings. The van der Waals surface area contributed by atoms with Gasteiger partial charge in [0.15, 0.2) is 5.82 Å². The average molecular weight is 285 g/mol. The van der Waals surface area contributed by atoms with Crippen molar-refractivity contribution in [2.24, 2.45) is 0 Å². The molecule has 0 saturated carbocycles. The lowest BCUT2D eigenvalue weighted by molar-refractivity contribution is -0.112. The second-order valence-corrected chi connectivity index (χ2v) is 6.60. The Morgan fingerprint density at radius 1 is 1.53 bits per heavy atom. The summed E-state index contributed by atoms with van der Waals surface area (Å²) >= 11 is 0. The maximum atomic E-state index is 11.7. The second-order valence-electron chi connectivity index (χ2n) is 4.34. The molecule has 0 unspecified atom stereocenters. The monoisotopic (exact) mass is 285 g/mol. The number of nitrogens with one attached hydrogen (secondary N) is 1. The number of allylic oxidation sites excluding steroid dienone is 1. The van der Waals surface area contributed by atoms with Crippen molar-refractivity contribution in [2.75, 3.05) is 17.3 Å². The van der Waals surface area contributed by atoms with Gasteiger partial charge in [-0.1, -0.05) is 13.0 Å². The van der Waals surface area contributed by atoms with Gasteiger partial charge < -0.3 is 5.32 Å². The van der Waals surface area contributed by atoms with Crippen LogP contribution < -0.4 is 5.32 Å². The fraction of sp³-hybridized carbons (Fsp3) is 0.500. The van der Waals surface area contributed by atoms with Crippen molar-refractivity contribution < 1.29 is 13.2 Å². The van der Waals surface area contributed by atoms with Gasteiger partial charge in [0.2, 0.25) is 0 Å². The number of sulfone groups is 1. The predicted octanol–water partition coefficient (Wildman–Crippen LogP) is 1.22. The number of carbonyl (C=O) groups excluding carboxylic acids is 1. The molecule has 1 amide bonds. The lowest BCUT2D eigenvalue weighted by atomic mass is 10.2. The first kappa shape index (κ1) is 15.4. The minimum Gasteiger partial charge on any atom is -0.305 e. The Hall–Kier alpha value is -1.63. The Balaban J connectivity index is 2.60. The number of amides is 1. The lowest BCUT2D eigenvalue weighted by Crippen LogP contribution is -2.15. The molecule has 0 spiro atoms. The van der Waals surface area contributed by atoms with Gasteiger partial charge >= 0.3 is 0 Å². The molecule has 0 aliphatic heterocycles. The van der Waals surface area contributed by atoms with Gasteiger partial charge in [-0.15, -0.1) is 0 Å². The summed E-state index contributed by atoms with van der Waals surface area (Å²) in [6.07, 6.45) is 5.44. The fourth-order valence-electron chi connectivity index (χ4n) is 1.43. The number of hydrogen-bond donors (Lipinski definition) is 1. The van der Waals surface area contributed by atoms with Crippen LogP contribution in [0.25, 0.3) is 0 Å². The van der Waals surface area contributed by atoms with Crippen LogP contribution in [0.5, 0.6) is 0 Å². The Labute approximate surface area is 113 Å². The van der Waals surface area contributed by atoms with Crippen LogP contribution in [-0.2, 0) is 21.2 Å². The highest BCUT2D eigenvalue weighted by atomic mass is 32.2. The van der Waals surface area contributed by atoms with E-state index in [-0.39, 0.29) is 18.2 Å². The van der Waals surface area contributed by atoms with E-state index in [1.165, 1.54) is 10.9 Å². The number of aryl methyl sites for hydroxylation is 1. The zero-order valence-corrected chi connectivity index (χ0v) is 12.2. The van der Waals surface area contributed by atoms with E-state index in [4.69, 9.17) is 0 Å². The standard InChI is InChI=1S/C12H19N3O3S/c1-4-5-10(2)12(16)13-11-6-7-15(14-11)8-9-19(3,17)18/h5-7H,4,8-9H2,1-3H3,(H,13,14,16)/b10-5+. The number of carbonyl (C=O) groups is 1. The Morgan fingerprint density at radius 2 is 2.21 bits per heavy atom. The summed E-state index contributed by atoms with van der Waals surface area (Å²) in [5.74, 6) is 0.245. The summed E-state index contributed by atoms with van der Waals surface area (Å²) in [5.41, 5.74) is 0.633. The molecule has 1 rings (SSSR count). The molecular formula is C12H19N3O3S. The van der Waals surface area contributed by atoms with Crippen molar-refractivity contribution in [2.45, 2.75) is 26.8 Å². The first-order chi connectivity index (χ1) is 8.81. The van der Waals surface area contributed by atoms with E-state index in [1.54, 1.807) is 19.2 Å². The normalized spacial score (nSPS) is 12.5. The summed E-state index contributed by atoms with van der Waals surface area (Å²) in [5, 5.41) is 6.74. The minimum absolute atomic E-state index is 0.0246. The topological polar surface area (TPSA) is 81.1 Å². The number of rotatable bonds is 6. The van der Waals surface area contributed by atoms with Crippen LogP contribution in [0, 0.1) is 0 Å². The Morgan fingerprint density at radius 3 is 2.79 bits per heavy atom. The van der Waals surface area contributed by atoms with Crippen LogP contribution in [0.4, 0.5) is 5.82 Å². The van der Waals surface area contributed by atoms with Crippen molar-refractivity contribution >= 4 is 21.6 Å². The van der Waals surface area contributed by atoms with Gasteiger partial charge in [0.05, 0.1) is 12.3 Å². The third kappa shape index (κ3) is 5.69. The van der Waals surface area contributed by atoms with Crippen LogP contribution in [0.3, 0.4) is 0 Å². The van der Waals surface area contributed by atoms with Crippen LogP contribution in [0.2, 0.25) is 0 Å². The molecule has 0 atom stereocenters. The van der Waals surface area contributed by atoms with Crippen LogP contribution in [-0.4, -0.2) is 36.1 Å².